The maximum Gasteiger partial charge on any atom is 0.234 e. The van der Waals surface area contributed by atoms with Crippen molar-refractivity contribution in [2.24, 2.45) is 0 Å². The molecule has 1 heterocycles. The van der Waals surface area contributed by atoms with E-state index in [-0.39, 0.29) is 11.7 Å². The molecule has 0 radical (unpaired) electrons. The molecule has 1 aromatic heterocycles. The summed E-state index contributed by atoms with van der Waals surface area (Å²) in [6.45, 7) is 1.91. The molecule has 0 aliphatic rings. The summed E-state index contributed by atoms with van der Waals surface area (Å²) in [7, 11) is 3.19. The van der Waals surface area contributed by atoms with E-state index in [4.69, 9.17) is 21.1 Å². The molecule has 0 saturated heterocycles. The third-order valence-electron chi connectivity index (χ3n) is 4.13. The molecule has 150 valence electrons. The number of anilines is 1. The van der Waals surface area contributed by atoms with Crippen LogP contribution in [0.4, 0.5) is 5.69 Å². The lowest BCUT2D eigenvalue weighted by atomic mass is 10.1. The van der Waals surface area contributed by atoms with Crippen molar-refractivity contribution >= 4 is 35.0 Å². The molecular formula is C21H20ClN3O3S. The van der Waals surface area contributed by atoms with Crippen LogP contribution in [0.2, 0.25) is 5.02 Å². The lowest BCUT2D eigenvalue weighted by Gasteiger charge is -2.10. The number of carbonyl (C=O) groups is 1. The molecule has 0 unspecified atom stereocenters. The van der Waals surface area contributed by atoms with E-state index < -0.39 is 0 Å². The Morgan fingerprint density at radius 3 is 2.55 bits per heavy atom. The second-order valence-corrected chi connectivity index (χ2v) is 7.53. The van der Waals surface area contributed by atoms with Crippen molar-refractivity contribution in [3.05, 3.63) is 59.1 Å². The number of thioether (sulfide) groups is 1. The molecule has 2 aromatic carbocycles. The highest BCUT2D eigenvalue weighted by atomic mass is 35.5. The van der Waals surface area contributed by atoms with Crippen molar-refractivity contribution in [2.75, 3.05) is 25.3 Å². The van der Waals surface area contributed by atoms with Crippen LogP contribution in [0.3, 0.4) is 0 Å². The molecule has 0 atom stereocenters. The van der Waals surface area contributed by atoms with Crippen molar-refractivity contribution < 1.29 is 14.3 Å². The second kappa shape index (κ2) is 9.62. The zero-order valence-corrected chi connectivity index (χ0v) is 17.8. The first kappa shape index (κ1) is 21.0. The number of aryl methyl sites for hydroxylation is 1. The smallest absolute Gasteiger partial charge is 0.234 e. The van der Waals surface area contributed by atoms with E-state index in [1.807, 2.05) is 43.3 Å². The van der Waals surface area contributed by atoms with Gasteiger partial charge in [0, 0.05) is 22.3 Å². The number of hydrogen-bond donors (Lipinski definition) is 1. The summed E-state index contributed by atoms with van der Waals surface area (Å²) in [5.74, 6) is 1.42. The van der Waals surface area contributed by atoms with Gasteiger partial charge in [0.15, 0.2) is 0 Å². The van der Waals surface area contributed by atoms with Crippen LogP contribution in [0.5, 0.6) is 11.5 Å². The van der Waals surface area contributed by atoms with Gasteiger partial charge in [0.2, 0.25) is 5.91 Å². The molecule has 0 fully saturated rings. The Balaban J connectivity index is 1.62. The zero-order chi connectivity index (χ0) is 20.8. The normalized spacial score (nSPS) is 10.5. The quantitative estimate of drug-likeness (QED) is 0.541. The Bertz CT molecular complexity index is 1010. The molecule has 3 aromatic rings. The van der Waals surface area contributed by atoms with Crippen LogP contribution in [-0.2, 0) is 4.79 Å². The Kier molecular flexibility index (Phi) is 6.95. The molecule has 0 saturated carbocycles. The van der Waals surface area contributed by atoms with Crippen LogP contribution in [0.15, 0.2) is 53.6 Å². The molecule has 0 aliphatic carbocycles. The highest BCUT2D eigenvalue weighted by Gasteiger charge is 2.11. The van der Waals surface area contributed by atoms with Gasteiger partial charge in [-0.2, -0.15) is 0 Å². The summed E-state index contributed by atoms with van der Waals surface area (Å²) in [6, 6.07) is 14.6. The molecule has 3 rings (SSSR count). The van der Waals surface area contributed by atoms with Crippen LogP contribution in [0.25, 0.3) is 11.3 Å². The van der Waals surface area contributed by atoms with Crippen LogP contribution >= 0.6 is 23.4 Å². The van der Waals surface area contributed by atoms with Crippen LogP contribution in [0, 0.1) is 6.92 Å². The van der Waals surface area contributed by atoms with E-state index in [0.717, 1.165) is 11.1 Å². The van der Waals surface area contributed by atoms with Gasteiger partial charge in [0.1, 0.15) is 16.5 Å². The first-order chi connectivity index (χ1) is 14.0. The van der Waals surface area contributed by atoms with Gasteiger partial charge in [-0.3, -0.25) is 4.79 Å². The number of carbonyl (C=O) groups excluding carboxylic acids is 1. The summed E-state index contributed by atoms with van der Waals surface area (Å²) < 4.78 is 10.6. The summed E-state index contributed by atoms with van der Waals surface area (Å²) in [4.78, 5) is 12.2. The van der Waals surface area contributed by atoms with Gasteiger partial charge in [0.25, 0.3) is 0 Å². The molecular weight excluding hydrogens is 410 g/mol. The number of hydrogen-bond acceptors (Lipinski definition) is 6. The van der Waals surface area contributed by atoms with E-state index in [1.54, 1.807) is 26.4 Å². The van der Waals surface area contributed by atoms with Gasteiger partial charge in [-0.25, -0.2) is 0 Å². The molecule has 1 amide bonds. The Hall–Kier alpha value is -2.77. The Labute approximate surface area is 178 Å². The van der Waals surface area contributed by atoms with Gasteiger partial charge < -0.3 is 14.8 Å². The number of aromatic nitrogens is 2. The number of ether oxygens (including phenoxy) is 2. The minimum Gasteiger partial charge on any atom is -0.497 e. The van der Waals surface area contributed by atoms with Gasteiger partial charge in [0.05, 0.1) is 25.7 Å². The highest BCUT2D eigenvalue weighted by Crippen LogP contribution is 2.32. The van der Waals surface area contributed by atoms with Crippen molar-refractivity contribution in [1.82, 2.24) is 10.2 Å². The molecule has 6 nitrogen and oxygen atoms in total. The van der Waals surface area contributed by atoms with E-state index in [2.05, 4.69) is 15.5 Å². The predicted molar refractivity (Wildman–Crippen MR) is 116 cm³/mol. The Morgan fingerprint density at radius 1 is 1.07 bits per heavy atom. The number of nitrogens with zero attached hydrogens (tertiary/aromatic N) is 2. The number of benzene rings is 2. The molecule has 0 bridgehead atoms. The largest absolute Gasteiger partial charge is 0.497 e. The standard InChI is InChI=1S/C21H20ClN3O3S/c1-13-4-5-14(10-17(13)22)23-20(26)12-29-21-9-8-18(24-25-21)16-7-6-15(27-2)11-19(16)28-3/h4-11H,12H2,1-3H3,(H,23,26). The van der Waals surface area contributed by atoms with Crippen molar-refractivity contribution in [2.45, 2.75) is 11.9 Å². The van der Waals surface area contributed by atoms with E-state index in [0.29, 0.717) is 32.9 Å². The molecule has 0 spiro atoms. The van der Waals surface area contributed by atoms with Crippen molar-refractivity contribution in [1.29, 1.82) is 0 Å². The predicted octanol–water partition coefficient (Wildman–Crippen LogP) is 4.85. The third kappa shape index (κ3) is 5.40. The summed E-state index contributed by atoms with van der Waals surface area (Å²) >= 11 is 7.39. The van der Waals surface area contributed by atoms with Gasteiger partial charge in [-0.05, 0) is 48.9 Å². The minimum absolute atomic E-state index is 0.141. The molecule has 1 N–H and O–H groups in total. The molecule has 0 aliphatic heterocycles. The fourth-order valence-corrected chi connectivity index (χ4v) is 3.35. The van der Waals surface area contributed by atoms with E-state index >= 15 is 0 Å². The van der Waals surface area contributed by atoms with Gasteiger partial charge in [-0.15, -0.1) is 10.2 Å². The topological polar surface area (TPSA) is 73.3 Å². The van der Waals surface area contributed by atoms with Crippen molar-refractivity contribution in [3.8, 4) is 22.8 Å². The number of nitrogens with one attached hydrogen (secondary N) is 1. The fraction of sp³-hybridized carbons (Fsp3) is 0.190. The lowest BCUT2D eigenvalue weighted by molar-refractivity contribution is -0.113. The number of methoxy groups -OCH3 is 2. The lowest BCUT2D eigenvalue weighted by Crippen LogP contribution is -2.14. The minimum atomic E-state index is -0.141. The maximum absolute atomic E-state index is 12.2. The van der Waals surface area contributed by atoms with E-state index in [9.17, 15) is 4.79 Å². The van der Waals surface area contributed by atoms with Crippen LogP contribution in [0.1, 0.15) is 5.56 Å². The molecule has 29 heavy (non-hydrogen) atoms. The monoisotopic (exact) mass is 429 g/mol. The van der Waals surface area contributed by atoms with Crippen LogP contribution < -0.4 is 14.8 Å². The average Bonchev–Trinajstić information content (AvgIpc) is 2.75. The second-order valence-electron chi connectivity index (χ2n) is 6.12. The van der Waals surface area contributed by atoms with Gasteiger partial charge >= 0.3 is 0 Å². The zero-order valence-electron chi connectivity index (χ0n) is 16.2. The number of amides is 1. The first-order valence-electron chi connectivity index (χ1n) is 8.75. The molecule has 8 heteroatoms. The summed E-state index contributed by atoms with van der Waals surface area (Å²) in [5, 5.41) is 12.5. The maximum atomic E-state index is 12.2. The fourth-order valence-electron chi connectivity index (χ4n) is 2.56. The Morgan fingerprint density at radius 2 is 1.90 bits per heavy atom. The SMILES string of the molecule is COc1ccc(-c2ccc(SCC(=O)Nc3ccc(C)c(Cl)c3)nn2)c(OC)c1. The van der Waals surface area contributed by atoms with E-state index in [1.165, 1.54) is 11.8 Å². The number of rotatable bonds is 7. The third-order valence-corrected chi connectivity index (χ3v) is 5.46. The number of halogens is 1. The highest BCUT2D eigenvalue weighted by molar-refractivity contribution is 7.99. The van der Waals surface area contributed by atoms with Crippen molar-refractivity contribution in [3.63, 3.8) is 0 Å². The van der Waals surface area contributed by atoms with Crippen LogP contribution in [-0.4, -0.2) is 36.1 Å². The van der Waals surface area contributed by atoms with Gasteiger partial charge in [-0.1, -0.05) is 29.4 Å². The average molecular weight is 430 g/mol. The first-order valence-corrected chi connectivity index (χ1v) is 10.1. The summed E-state index contributed by atoms with van der Waals surface area (Å²) in [5.41, 5.74) is 3.11. The summed E-state index contributed by atoms with van der Waals surface area (Å²) in [6.07, 6.45) is 0.